The Morgan fingerprint density at radius 1 is 0.630 bits per heavy atom. The summed E-state index contributed by atoms with van der Waals surface area (Å²) in [6.45, 7) is 14.3. The molecule has 0 nitrogen and oxygen atoms in total. The van der Waals surface area contributed by atoms with Crippen LogP contribution in [-0.2, 0) is 12.8 Å². The zero-order valence-corrected chi connectivity index (χ0v) is 20.2. The Kier molecular flexibility index (Phi) is 13.4. The van der Waals surface area contributed by atoms with Crippen LogP contribution in [0.4, 0.5) is 0 Å². The molecule has 27 heavy (non-hydrogen) atoms. The first-order chi connectivity index (χ1) is 12.9. The van der Waals surface area contributed by atoms with Crippen LogP contribution < -0.4 is 0 Å². The first-order valence-electron chi connectivity index (χ1n) is 12.0. The van der Waals surface area contributed by atoms with Gasteiger partial charge in [0.05, 0.1) is 0 Å². The van der Waals surface area contributed by atoms with Gasteiger partial charge in [0.1, 0.15) is 0 Å². The number of rotatable bonds is 16. The fourth-order valence-electron chi connectivity index (χ4n) is 4.07. The van der Waals surface area contributed by atoms with Crippen LogP contribution in [0.1, 0.15) is 116 Å². The molecule has 0 aliphatic carbocycles. The summed E-state index contributed by atoms with van der Waals surface area (Å²) in [6.07, 6.45) is 16.7. The van der Waals surface area contributed by atoms with E-state index in [1.54, 1.807) is 9.75 Å². The molecule has 1 heteroatoms. The van der Waals surface area contributed by atoms with Crippen LogP contribution in [0.3, 0.4) is 0 Å². The quantitative estimate of drug-likeness (QED) is 0.263. The maximum absolute atomic E-state index is 2.48. The topological polar surface area (TPSA) is 0 Å². The summed E-state index contributed by atoms with van der Waals surface area (Å²) < 4.78 is 0. The molecule has 0 saturated heterocycles. The lowest BCUT2D eigenvalue weighted by atomic mass is 9.90. The zero-order chi connectivity index (χ0) is 20.1. The minimum Gasteiger partial charge on any atom is -0.145 e. The van der Waals surface area contributed by atoms with Crippen LogP contribution in [-0.4, -0.2) is 0 Å². The summed E-state index contributed by atoms with van der Waals surface area (Å²) in [5.74, 6) is 3.61. The van der Waals surface area contributed by atoms with E-state index >= 15 is 0 Å². The van der Waals surface area contributed by atoms with Gasteiger partial charge in [-0.15, -0.1) is 11.3 Å². The summed E-state index contributed by atoms with van der Waals surface area (Å²) in [4.78, 5) is 3.13. The van der Waals surface area contributed by atoms with Gasteiger partial charge in [0.25, 0.3) is 0 Å². The lowest BCUT2D eigenvalue weighted by molar-refractivity contribution is 0.374. The maximum Gasteiger partial charge on any atom is 0.00482 e. The molecule has 0 saturated carbocycles. The molecule has 3 unspecified atom stereocenters. The molecule has 0 aromatic carbocycles. The molecule has 0 amide bonds. The lowest BCUT2D eigenvalue weighted by Crippen LogP contribution is -2.02. The molecule has 0 N–H and O–H groups in total. The maximum atomic E-state index is 2.48. The smallest absolute Gasteiger partial charge is 0.00482 e. The van der Waals surface area contributed by atoms with E-state index in [0.717, 1.165) is 23.7 Å². The van der Waals surface area contributed by atoms with Gasteiger partial charge in [0.2, 0.25) is 0 Å². The van der Waals surface area contributed by atoms with Gasteiger partial charge in [-0.2, -0.15) is 0 Å². The van der Waals surface area contributed by atoms with E-state index in [-0.39, 0.29) is 0 Å². The van der Waals surface area contributed by atoms with E-state index in [1.165, 1.54) is 77.0 Å². The molecule has 0 radical (unpaired) electrons. The molecule has 0 fully saturated rings. The molecule has 1 aromatic heterocycles. The zero-order valence-electron chi connectivity index (χ0n) is 19.4. The van der Waals surface area contributed by atoms with Crippen molar-refractivity contribution in [3.8, 4) is 0 Å². The minimum absolute atomic E-state index is 0.874. The highest BCUT2D eigenvalue weighted by atomic mass is 32.1. The number of hydrogen-bond acceptors (Lipinski definition) is 1. The second-order valence-electron chi connectivity index (χ2n) is 9.76. The highest BCUT2D eigenvalue weighted by Crippen LogP contribution is 2.24. The van der Waals surface area contributed by atoms with E-state index in [1.807, 2.05) is 11.3 Å². The molecule has 1 rings (SSSR count). The van der Waals surface area contributed by atoms with Crippen molar-refractivity contribution in [3.05, 3.63) is 21.9 Å². The van der Waals surface area contributed by atoms with Gasteiger partial charge < -0.3 is 0 Å². The third-order valence-electron chi connectivity index (χ3n) is 6.22. The third-order valence-corrected chi connectivity index (χ3v) is 7.50. The second kappa shape index (κ2) is 14.7. The Hall–Kier alpha value is -0.300. The van der Waals surface area contributed by atoms with Gasteiger partial charge in [-0.05, 0) is 55.1 Å². The summed E-state index contributed by atoms with van der Waals surface area (Å²) in [5.41, 5.74) is 0. The van der Waals surface area contributed by atoms with Gasteiger partial charge in [-0.3, -0.25) is 0 Å². The SMILES string of the molecule is CCc1ccc(CCC(C)CCCC(C)CCCC(C)CCCC(C)C)s1. The van der Waals surface area contributed by atoms with E-state index in [0.29, 0.717) is 0 Å². The summed E-state index contributed by atoms with van der Waals surface area (Å²) >= 11 is 2.02. The van der Waals surface area contributed by atoms with Crippen molar-refractivity contribution < 1.29 is 0 Å². The van der Waals surface area contributed by atoms with Crippen LogP contribution in [0.2, 0.25) is 0 Å². The van der Waals surface area contributed by atoms with E-state index in [4.69, 9.17) is 0 Å². The summed E-state index contributed by atoms with van der Waals surface area (Å²) in [7, 11) is 0. The number of hydrogen-bond donors (Lipinski definition) is 0. The average molecular weight is 393 g/mol. The van der Waals surface area contributed by atoms with Gasteiger partial charge >= 0.3 is 0 Å². The molecule has 3 atom stereocenters. The molecular formula is C26H48S. The monoisotopic (exact) mass is 392 g/mol. The fourth-order valence-corrected chi connectivity index (χ4v) is 5.05. The predicted octanol–water partition coefficient (Wildman–Crippen LogP) is 9.32. The van der Waals surface area contributed by atoms with Crippen molar-refractivity contribution >= 4 is 11.3 Å². The van der Waals surface area contributed by atoms with Crippen LogP contribution in [0.15, 0.2) is 12.1 Å². The van der Waals surface area contributed by atoms with Gasteiger partial charge in [0.15, 0.2) is 0 Å². The fraction of sp³-hybridized carbons (Fsp3) is 0.846. The Balaban J connectivity index is 2.01. The minimum atomic E-state index is 0.874. The highest BCUT2D eigenvalue weighted by Gasteiger charge is 2.09. The van der Waals surface area contributed by atoms with Gasteiger partial charge in [0, 0.05) is 9.75 Å². The predicted molar refractivity (Wildman–Crippen MR) is 126 cm³/mol. The Morgan fingerprint density at radius 3 is 1.52 bits per heavy atom. The van der Waals surface area contributed by atoms with Crippen molar-refractivity contribution in [1.29, 1.82) is 0 Å². The Labute approximate surface area is 175 Å². The molecule has 0 aliphatic heterocycles. The largest absolute Gasteiger partial charge is 0.145 e. The van der Waals surface area contributed by atoms with E-state index < -0.39 is 0 Å². The van der Waals surface area contributed by atoms with Crippen molar-refractivity contribution in [2.75, 3.05) is 0 Å². The van der Waals surface area contributed by atoms with Crippen LogP contribution in [0.25, 0.3) is 0 Å². The average Bonchev–Trinajstić information content (AvgIpc) is 3.08. The summed E-state index contributed by atoms with van der Waals surface area (Å²) in [6, 6.07) is 4.67. The van der Waals surface area contributed by atoms with Crippen LogP contribution in [0, 0.1) is 23.7 Å². The molecule has 158 valence electrons. The molecule has 1 heterocycles. The third kappa shape index (κ3) is 12.7. The number of thiophene rings is 1. The molecule has 1 aromatic rings. The molecule has 0 bridgehead atoms. The molecule has 0 aliphatic rings. The second-order valence-corrected chi connectivity index (χ2v) is 11.0. The molecular weight excluding hydrogens is 344 g/mol. The van der Waals surface area contributed by atoms with Gasteiger partial charge in [-0.1, -0.05) is 99.3 Å². The lowest BCUT2D eigenvalue weighted by Gasteiger charge is -2.16. The van der Waals surface area contributed by atoms with E-state index in [9.17, 15) is 0 Å². The number of aryl methyl sites for hydroxylation is 2. The van der Waals surface area contributed by atoms with E-state index in [2.05, 4.69) is 53.7 Å². The van der Waals surface area contributed by atoms with Crippen molar-refractivity contribution in [2.45, 2.75) is 119 Å². The first kappa shape index (κ1) is 24.7. The van der Waals surface area contributed by atoms with Gasteiger partial charge in [-0.25, -0.2) is 0 Å². The standard InChI is InChI=1S/C26H48S/c1-7-25-19-20-26(27-25)18-17-24(6)16-10-15-23(5)14-9-13-22(4)12-8-11-21(2)3/h19-24H,7-18H2,1-6H3. The Bertz CT molecular complexity index is 459. The van der Waals surface area contributed by atoms with Crippen molar-refractivity contribution in [2.24, 2.45) is 23.7 Å². The Morgan fingerprint density at radius 2 is 1.07 bits per heavy atom. The van der Waals surface area contributed by atoms with Crippen molar-refractivity contribution in [1.82, 2.24) is 0 Å². The van der Waals surface area contributed by atoms with Crippen LogP contribution in [0.5, 0.6) is 0 Å². The summed E-state index contributed by atoms with van der Waals surface area (Å²) in [5, 5.41) is 0. The molecule has 0 spiro atoms. The normalized spacial score (nSPS) is 15.2. The van der Waals surface area contributed by atoms with Crippen molar-refractivity contribution in [3.63, 3.8) is 0 Å². The highest BCUT2D eigenvalue weighted by molar-refractivity contribution is 7.11. The van der Waals surface area contributed by atoms with Crippen LogP contribution >= 0.6 is 11.3 Å². The first-order valence-corrected chi connectivity index (χ1v) is 12.8.